The van der Waals surface area contributed by atoms with E-state index in [-0.39, 0.29) is 0 Å². The van der Waals surface area contributed by atoms with Crippen LogP contribution in [0.4, 0.5) is 0 Å². The quantitative estimate of drug-likeness (QED) is 0.409. The average molecular weight is 552 g/mol. The number of ether oxygens (including phenoxy) is 9. The molecule has 0 unspecified atom stereocenters. The summed E-state index contributed by atoms with van der Waals surface area (Å²) < 4.78 is 52.7. The Morgan fingerprint density at radius 2 is 1.31 bits per heavy atom. The first-order valence-electron chi connectivity index (χ1n) is 14.0. The van der Waals surface area contributed by atoms with E-state index in [1.807, 2.05) is 30.3 Å². The fourth-order valence-corrected chi connectivity index (χ4v) is 3.87. The van der Waals surface area contributed by atoms with Crippen molar-refractivity contribution in [1.29, 1.82) is 0 Å². The SMILES string of the molecule is CCCCOCC1(OCCOc2cccc3cccnc23)COCCOCCOCCOCCOCCOC1. The highest BCUT2D eigenvalue weighted by atomic mass is 16.6. The lowest BCUT2D eigenvalue weighted by Gasteiger charge is -2.33. The van der Waals surface area contributed by atoms with E-state index in [1.54, 1.807) is 6.20 Å². The molecule has 1 saturated heterocycles. The molecule has 0 amide bonds. The highest BCUT2D eigenvalue weighted by molar-refractivity contribution is 5.84. The van der Waals surface area contributed by atoms with E-state index in [1.165, 1.54) is 0 Å². The summed E-state index contributed by atoms with van der Waals surface area (Å²) in [7, 11) is 0. The Bertz CT molecular complexity index is 859. The summed E-state index contributed by atoms with van der Waals surface area (Å²) in [5, 5.41) is 1.03. The van der Waals surface area contributed by atoms with Crippen molar-refractivity contribution >= 4 is 10.9 Å². The van der Waals surface area contributed by atoms with Crippen LogP contribution in [0.3, 0.4) is 0 Å². The highest BCUT2D eigenvalue weighted by Crippen LogP contribution is 2.23. The lowest BCUT2D eigenvalue weighted by Crippen LogP contribution is -2.48. The molecule has 1 aromatic carbocycles. The summed E-state index contributed by atoms with van der Waals surface area (Å²) in [6.07, 6.45) is 3.79. The number of hydrogen-bond donors (Lipinski definition) is 0. The van der Waals surface area contributed by atoms with Crippen LogP contribution in [0.2, 0.25) is 0 Å². The molecule has 10 heteroatoms. The summed E-state index contributed by atoms with van der Waals surface area (Å²) in [6.45, 7) is 9.22. The molecule has 0 aliphatic carbocycles. The van der Waals surface area contributed by atoms with E-state index in [4.69, 9.17) is 42.6 Å². The Kier molecular flexibility index (Phi) is 16.3. The number of hydrogen-bond acceptors (Lipinski definition) is 10. The molecule has 1 aliphatic rings. The molecule has 10 nitrogen and oxygen atoms in total. The highest BCUT2D eigenvalue weighted by Gasteiger charge is 2.33. The maximum atomic E-state index is 6.40. The molecule has 1 aromatic heterocycles. The Balaban J connectivity index is 1.57. The zero-order chi connectivity index (χ0) is 27.3. The maximum absolute atomic E-state index is 6.40. The second-order valence-corrected chi connectivity index (χ2v) is 9.17. The van der Waals surface area contributed by atoms with Gasteiger partial charge in [0.2, 0.25) is 0 Å². The first-order chi connectivity index (χ1) is 19.3. The molecule has 3 rings (SSSR count). The van der Waals surface area contributed by atoms with Crippen LogP contribution < -0.4 is 4.74 Å². The number of aromatic nitrogens is 1. The van der Waals surface area contributed by atoms with Gasteiger partial charge in [-0.3, -0.25) is 4.98 Å². The normalized spacial score (nSPS) is 19.1. The lowest BCUT2D eigenvalue weighted by molar-refractivity contribution is -0.173. The van der Waals surface area contributed by atoms with Gasteiger partial charge in [-0.2, -0.15) is 0 Å². The van der Waals surface area contributed by atoms with Crippen molar-refractivity contribution in [2.75, 3.05) is 106 Å². The van der Waals surface area contributed by atoms with Gasteiger partial charge in [0.1, 0.15) is 23.5 Å². The molecule has 1 aliphatic heterocycles. The van der Waals surface area contributed by atoms with Gasteiger partial charge in [-0.1, -0.05) is 31.5 Å². The molecule has 0 saturated carbocycles. The lowest BCUT2D eigenvalue weighted by atomic mass is 10.1. The van der Waals surface area contributed by atoms with E-state index in [0.29, 0.717) is 106 Å². The molecule has 39 heavy (non-hydrogen) atoms. The molecule has 0 spiro atoms. The predicted octanol–water partition coefficient (Wildman–Crippen LogP) is 3.30. The van der Waals surface area contributed by atoms with Crippen LogP contribution in [0.1, 0.15) is 19.8 Å². The van der Waals surface area contributed by atoms with Gasteiger partial charge in [0.15, 0.2) is 0 Å². The molecule has 1 fully saturated rings. The first-order valence-corrected chi connectivity index (χ1v) is 14.0. The van der Waals surface area contributed by atoms with Crippen molar-refractivity contribution in [1.82, 2.24) is 4.98 Å². The minimum absolute atomic E-state index is 0.295. The minimum atomic E-state index is -0.802. The van der Waals surface area contributed by atoms with Crippen LogP contribution in [-0.2, 0) is 37.9 Å². The number of fused-ring (bicyclic) bond motifs is 1. The minimum Gasteiger partial charge on any atom is -0.489 e. The molecular formula is C29H45NO9. The molecule has 220 valence electrons. The third-order valence-corrected chi connectivity index (χ3v) is 5.94. The van der Waals surface area contributed by atoms with Crippen molar-refractivity contribution in [3.63, 3.8) is 0 Å². The van der Waals surface area contributed by atoms with Gasteiger partial charge in [0, 0.05) is 18.2 Å². The number of pyridine rings is 1. The number of nitrogens with zero attached hydrogens (tertiary/aromatic N) is 1. The van der Waals surface area contributed by atoms with Gasteiger partial charge in [-0.05, 0) is 18.6 Å². The molecule has 0 radical (unpaired) electrons. The van der Waals surface area contributed by atoms with Crippen LogP contribution in [0.25, 0.3) is 10.9 Å². The number of unbranched alkanes of at least 4 members (excludes halogenated alkanes) is 1. The fraction of sp³-hybridized carbons (Fsp3) is 0.690. The van der Waals surface area contributed by atoms with E-state index < -0.39 is 5.60 Å². The monoisotopic (exact) mass is 551 g/mol. The van der Waals surface area contributed by atoms with Gasteiger partial charge in [0.25, 0.3) is 0 Å². The molecule has 2 heterocycles. The van der Waals surface area contributed by atoms with Crippen molar-refractivity contribution in [2.24, 2.45) is 0 Å². The Hall–Kier alpha value is -1.89. The summed E-state index contributed by atoms with van der Waals surface area (Å²) in [4.78, 5) is 4.46. The van der Waals surface area contributed by atoms with Crippen molar-refractivity contribution in [2.45, 2.75) is 25.4 Å². The van der Waals surface area contributed by atoms with Crippen LogP contribution in [-0.4, -0.2) is 116 Å². The van der Waals surface area contributed by atoms with Gasteiger partial charge in [-0.25, -0.2) is 0 Å². The van der Waals surface area contributed by atoms with Gasteiger partial charge >= 0.3 is 0 Å². The van der Waals surface area contributed by atoms with E-state index >= 15 is 0 Å². The van der Waals surface area contributed by atoms with E-state index in [0.717, 1.165) is 29.5 Å². The third-order valence-electron chi connectivity index (χ3n) is 5.94. The second kappa shape index (κ2) is 20.1. The van der Waals surface area contributed by atoms with Crippen molar-refractivity contribution in [3.8, 4) is 5.75 Å². The van der Waals surface area contributed by atoms with Crippen LogP contribution in [0, 0.1) is 0 Å². The summed E-state index contributed by atoms with van der Waals surface area (Å²) in [5.74, 6) is 0.722. The maximum Gasteiger partial charge on any atom is 0.145 e. The third kappa shape index (κ3) is 12.9. The molecule has 0 bridgehead atoms. The van der Waals surface area contributed by atoms with E-state index in [9.17, 15) is 0 Å². The van der Waals surface area contributed by atoms with Crippen molar-refractivity contribution in [3.05, 3.63) is 36.5 Å². The number of rotatable bonds is 10. The summed E-state index contributed by atoms with van der Waals surface area (Å²) in [5.41, 5.74) is 0.0236. The van der Waals surface area contributed by atoms with E-state index in [2.05, 4.69) is 11.9 Å². The predicted molar refractivity (Wildman–Crippen MR) is 147 cm³/mol. The number of benzene rings is 1. The number of para-hydroxylation sites is 1. The summed E-state index contributed by atoms with van der Waals surface area (Å²) in [6, 6.07) is 9.82. The first kappa shape index (κ1) is 31.6. The van der Waals surface area contributed by atoms with Crippen molar-refractivity contribution < 1.29 is 42.6 Å². The fourth-order valence-electron chi connectivity index (χ4n) is 3.87. The van der Waals surface area contributed by atoms with Crippen LogP contribution >= 0.6 is 0 Å². The standard InChI is InChI=1S/C29H45NO9/c1-2-3-10-35-23-29(39-22-21-38-27-8-4-6-26-7-5-9-30-28(26)27)24-36-19-17-33-15-13-31-11-12-32-14-16-34-18-20-37-25-29/h4-9H,2-3,10-25H2,1H3. The Morgan fingerprint density at radius 3 is 1.92 bits per heavy atom. The summed E-state index contributed by atoms with van der Waals surface area (Å²) >= 11 is 0. The van der Waals surface area contributed by atoms with Gasteiger partial charge in [0.05, 0.1) is 92.5 Å². The molecule has 0 atom stereocenters. The zero-order valence-electron chi connectivity index (χ0n) is 23.3. The second-order valence-electron chi connectivity index (χ2n) is 9.17. The molecule has 0 N–H and O–H groups in total. The average Bonchev–Trinajstić information content (AvgIpc) is 2.96. The molecule has 2 aromatic rings. The van der Waals surface area contributed by atoms with Gasteiger partial charge in [-0.15, -0.1) is 0 Å². The van der Waals surface area contributed by atoms with Gasteiger partial charge < -0.3 is 42.6 Å². The van der Waals surface area contributed by atoms with Crippen LogP contribution in [0.15, 0.2) is 36.5 Å². The molecular weight excluding hydrogens is 506 g/mol. The smallest absolute Gasteiger partial charge is 0.145 e. The van der Waals surface area contributed by atoms with Crippen LogP contribution in [0.5, 0.6) is 5.75 Å². The topological polar surface area (TPSA) is 96.0 Å². The Morgan fingerprint density at radius 1 is 0.718 bits per heavy atom. The zero-order valence-corrected chi connectivity index (χ0v) is 23.3. The Labute approximate surface area is 232 Å². The largest absolute Gasteiger partial charge is 0.489 e.